The van der Waals surface area contributed by atoms with Gasteiger partial charge >= 0.3 is 0 Å². The highest BCUT2D eigenvalue weighted by Gasteiger charge is 2.53. The maximum absolute atomic E-state index is 14.7. The maximum atomic E-state index is 14.7. The summed E-state index contributed by atoms with van der Waals surface area (Å²) in [5.41, 5.74) is 6.20. The van der Waals surface area contributed by atoms with Crippen molar-refractivity contribution in [1.29, 1.82) is 0 Å². The van der Waals surface area contributed by atoms with Crippen LogP contribution in [-0.4, -0.2) is 16.1 Å². The van der Waals surface area contributed by atoms with E-state index in [1.54, 1.807) is 0 Å². The molecule has 1 aliphatic heterocycles. The van der Waals surface area contributed by atoms with Gasteiger partial charge in [0.2, 0.25) is 5.91 Å². The van der Waals surface area contributed by atoms with E-state index in [2.05, 4.69) is 0 Å². The van der Waals surface area contributed by atoms with Gasteiger partial charge in [-0.25, -0.2) is 0 Å². The number of aromatic hydroxyl groups is 2. The van der Waals surface area contributed by atoms with Gasteiger partial charge in [0.25, 0.3) is 0 Å². The average Bonchev–Trinajstić information content (AvgIpc) is 3.09. The number of anilines is 1. The molecule has 35 heavy (non-hydrogen) atoms. The molecule has 4 aromatic carbocycles. The number of aryl methyl sites for hydroxylation is 4. The highest BCUT2D eigenvalue weighted by atomic mass is 16.3. The summed E-state index contributed by atoms with van der Waals surface area (Å²) >= 11 is 0. The third kappa shape index (κ3) is 3.40. The number of para-hydroxylation sites is 1. The molecule has 176 valence electrons. The molecule has 0 atom stereocenters. The molecule has 0 bridgehead atoms. The molecule has 1 aliphatic rings. The van der Waals surface area contributed by atoms with Gasteiger partial charge in [-0.3, -0.25) is 4.79 Å². The molecule has 0 saturated carbocycles. The zero-order chi connectivity index (χ0) is 24.9. The Hall–Kier alpha value is -4.05. The molecule has 1 heterocycles. The number of hydrogen-bond acceptors (Lipinski definition) is 3. The minimum Gasteiger partial charge on any atom is -0.507 e. The van der Waals surface area contributed by atoms with Crippen molar-refractivity contribution in [2.75, 3.05) is 4.90 Å². The fraction of sp³-hybridized carbons (Fsp3) is 0.194. The molecule has 0 spiro atoms. The SMILES string of the molecule is Cc1cc(C2(c3cc(C)c(O)c(C)c3)C(=O)N(Cc3ccccc3)c3ccccc32)cc(C)c1O. The standard InChI is InChI=1S/C31H29NO3/c1-19-14-24(15-20(2)28(19)33)31(25-16-21(3)29(34)22(4)17-25)26-12-8-9-13-27(26)32(30(31)35)18-23-10-6-5-7-11-23/h5-17,33-34H,18H2,1-4H3. The average molecular weight is 464 g/mol. The van der Waals surface area contributed by atoms with E-state index in [4.69, 9.17) is 0 Å². The highest BCUT2D eigenvalue weighted by Crippen LogP contribution is 2.52. The quantitative estimate of drug-likeness (QED) is 0.378. The van der Waals surface area contributed by atoms with Crippen molar-refractivity contribution in [2.45, 2.75) is 39.7 Å². The molecule has 0 aromatic heterocycles. The van der Waals surface area contributed by atoms with E-state index < -0.39 is 5.41 Å². The fourth-order valence-electron chi connectivity index (χ4n) is 5.45. The van der Waals surface area contributed by atoms with Gasteiger partial charge in [0.1, 0.15) is 16.9 Å². The predicted molar refractivity (Wildman–Crippen MR) is 139 cm³/mol. The first-order chi connectivity index (χ1) is 16.7. The summed E-state index contributed by atoms with van der Waals surface area (Å²) in [5.74, 6) is 0.431. The molecule has 0 radical (unpaired) electrons. The van der Waals surface area contributed by atoms with Crippen LogP contribution in [0, 0.1) is 27.7 Å². The third-order valence-electron chi connectivity index (χ3n) is 7.20. The minimum absolute atomic E-state index is 0.0449. The first kappa shape index (κ1) is 22.7. The number of carbonyl (C=O) groups is 1. The second-order valence-corrected chi connectivity index (χ2v) is 9.56. The highest BCUT2D eigenvalue weighted by molar-refractivity contribution is 6.13. The molecule has 0 unspecified atom stereocenters. The number of fused-ring (bicyclic) bond motifs is 1. The Morgan fingerprint density at radius 2 is 1.14 bits per heavy atom. The predicted octanol–water partition coefficient (Wildman–Crippen LogP) is 6.21. The number of hydrogen-bond donors (Lipinski definition) is 2. The zero-order valence-corrected chi connectivity index (χ0v) is 20.5. The minimum atomic E-state index is -1.11. The topological polar surface area (TPSA) is 60.8 Å². The number of phenolic OH excluding ortho intramolecular Hbond substituents is 2. The van der Waals surface area contributed by atoms with E-state index in [9.17, 15) is 15.0 Å². The van der Waals surface area contributed by atoms with Crippen LogP contribution in [0.5, 0.6) is 11.5 Å². The summed E-state index contributed by atoms with van der Waals surface area (Å²) in [6, 6.07) is 25.6. The van der Waals surface area contributed by atoms with E-state index in [0.29, 0.717) is 6.54 Å². The summed E-state index contributed by atoms with van der Waals surface area (Å²) in [4.78, 5) is 16.6. The Balaban J connectivity index is 1.85. The van der Waals surface area contributed by atoms with Gasteiger partial charge in [-0.05, 0) is 72.7 Å². The van der Waals surface area contributed by atoms with E-state index >= 15 is 0 Å². The number of benzene rings is 4. The van der Waals surface area contributed by atoms with Gasteiger partial charge in [0, 0.05) is 11.3 Å². The summed E-state index contributed by atoms with van der Waals surface area (Å²) in [5, 5.41) is 21.1. The lowest BCUT2D eigenvalue weighted by atomic mass is 9.69. The Kier molecular flexibility index (Phi) is 5.40. The molecule has 0 saturated heterocycles. The van der Waals surface area contributed by atoms with Gasteiger partial charge in [0.05, 0.1) is 6.54 Å². The van der Waals surface area contributed by atoms with Crippen LogP contribution in [0.4, 0.5) is 5.69 Å². The van der Waals surface area contributed by atoms with E-state index in [-0.39, 0.29) is 17.4 Å². The first-order valence-corrected chi connectivity index (χ1v) is 11.8. The summed E-state index contributed by atoms with van der Waals surface area (Å²) in [6.45, 7) is 7.89. The van der Waals surface area contributed by atoms with Crippen molar-refractivity contribution in [3.8, 4) is 11.5 Å². The largest absolute Gasteiger partial charge is 0.507 e. The van der Waals surface area contributed by atoms with E-state index in [1.165, 1.54) is 0 Å². The fourth-order valence-corrected chi connectivity index (χ4v) is 5.45. The zero-order valence-electron chi connectivity index (χ0n) is 20.5. The molecular weight excluding hydrogens is 434 g/mol. The van der Waals surface area contributed by atoms with Gasteiger partial charge in [-0.2, -0.15) is 0 Å². The number of phenols is 2. The van der Waals surface area contributed by atoms with E-state index in [1.807, 2.05) is 111 Å². The summed E-state index contributed by atoms with van der Waals surface area (Å²) in [7, 11) is 0. The maximum Gasteiger partial charge on any atom is 0.247 e. The van der Waals surface area contributed by atoms with Gasteiger partial charge in [-0.15, -0.1) is 0 Å². The Morgan fingerprint density at radius 1 is 0.686 bits per heavy atom. The van der Waals surface area contributed by atoms with Crippen LogP contribution in [0.2, 0.25) is 0 Å². The lowest BCUT2D eigenvalue weighted by Gasteiger charge is -2.32. The number of carbonyl (C=O) groups excluding carboxylic acids is 1. The lowest BCUT2D eigenvalue weighted by Crippen LogP contribution is -2.42. The molecule has 2 N–H and O–H groups in total. The van der Waals surface area contributed by atoms with Gasteiger partial charge in [0.15, 0.2) is 0 Å². The molecule has 4 heteroatoms. The van der Waals surface area contributed by atoms with Crippen LogP contribution in [0.25, 0.3) is 0 Å². The molecular formula is C31H29NO3. The van der Waals surface area contributed by atoms with Crippen LogP contribution < -0.4 is 4.90 Å². The van der Waals surface area contributed by atoms with Crippen LogP contribution in [0.3, 0.4) is 0 Å². The third-order valence-corrected chi connectivity index (χ3v) is 7.20. The molecule has 1 amide bonds. The van der Waals surface area contributed by atoms with Gasteiger partial charge < -0.3 is 15.1 Å². The summed E-state index contributed by atoms with van der Waals surface area (Å²) < 4.78 is 0. The van der Waals surface area contributed by atoms with Crippen LogP contribution >= 0.6 is 0 Å². The van der Waals surface area contributed by atoms with Crippen molar-refractivity contribution in [3.05, 3.63) is 123 Å². The van der Waals surface area contributed by atoms with Crippen LogP contribution in [-0.2, 0) is 16.8 Å². The second-order valence-electron chi connectivity index (χ2n) is 9.56. The van der Waals surface area contributed by atoms with Crippen LogP contribution in [0.15, 0.2) is 78.9 Å². The second kappa shape index (κ2) is 8.31. The lowest BCUT2D eigenvalue weighted by molar-refractivity contribution is -0.120. The monoisotopic (exact) mass is 463 g/mol. The number of rotatable bonds is 4. The molecule has 4 aromatic rings. The van der Waals surface area contributed by atoms with Crippen LogP contribution in [0.1, 0.15) is 44.5 Å². The molecule has 0 aliphatic carbocycles. The van der Waals surface area contributed by atoms with Crippen molar-refractivity contribution in [3.63, 3.8) is 0 Å². The smallest absolute Gasteiger partial charge is 0.247 e. The normalized spacial score (nSPS) is 14.3. The Bertz CT molecular complexity index is 1350. The van der Waals surface area contributed by atoms with E-state index in [0.717, 1.165) is 50.2 Å². The van der Waals surface area contributed by atoms with Crippen molar-refractivity contribution < 1.29 is 15.0 Å². The first-order valence-electron chi connectivity index (χ1n) is 11.8. The molecule has 0 fully saturated rings. The van der Waals surface area contributed by atoms with Crippen molar-refractivity contribution >= 4 is 11.6 Å². The number of amides is 1. The Labute approximate surface area is 206 Å². The molecule has 5 rings (SSSR count). The molecule has 4 nitrogen and oxygen atoms in total. The number of nitrogens with zero attached hydrogens (tertiary/aromatic N) is 1. The van der Waals surface area contributed by atoms with Crippen molar-refractivity contribution in [1.82, 2.24) is 0 Å². The van der Waals surface area contributed by atoms with Crippen molar-refractivity contribution in [2.24, 2.45) is 0 Å². The summed E-state index contributed by atoms with van der Waals surface area (Å²) in [6.07, 6.45) is 0. The Morgan fingerprint density at radius 3 is 1.66 bits per heavy atom. The van der Waals surface area contributed by atoms with Gasteiger partial charge in [-0.1, -0.05) is 72.8 Å².